The number of para-hydroxylation sites is 1. The number of alkyl halides is 3. The Labute approximate surface area is 118 Å². The van der Waals surface area contributed by atoms with Crippen molar-refractivity contribution in [1.82, 2.24) is 0 Å². The van der Waals surface area contributed by atoms with Gasteiger partial charge in [-0.1, -0.05) is 23.7 Å². The lowest BCUT2D eigenvalue weighted by Gasteiger charge is -2.14. The second kappa shape index (κ2) is 5.71. The van der Waals surface area contributed by atoms with Crippen LogP contribution in [0.1, 0.15) is 11.1 Å². The van der Waals surface area contributed by atoms with E-state index in [1.165, 1.54) is 36.4 Å². The molecule has 0 saturated carbocycles. The van der Waals surface area contributed by atoms with Crippen molar-refractivity contribution >= 4 is 17.3 Å². The maximum atomic E-state index is 13.1. The van der Waals surface area contributed by atoms with E-state index in [0.717, 1.165) is 6.07 Å². The molecule has 0 spiro atoms. The zero-order valence-electron chi connectivity index (χ0n) is 10.1. The van der Waals surface area contributed by atoms with Crippen molar-refractivity contribution in [1.29, 1.82) is 0 Å². The van der Waals surface area contributed by atoms with Crippen molar-refractivity contribution < 1.29 is 17.6 Å². The first kappa shape index (κ1) is 14.7. The molecule has 0 aromatic heterocycles. The van der Waals surface area contributed by atoms with E-state index in [9.17, 15) is 17.6 Å². The molecule has 106 valence electrons. The van der Waals surface area contributed by atoms with Gasteiger partial charge in [-0.3, -0.25) is 0 Å². The Kier molecular flexibility index (Phi) is 4.18. The molecule has 0 unspecified atom stereocenters. The number of rotatable bonds is 3. The van der Waals surface area contributed by atoms with E-state index in [0.29, 0.717) is 10.6 Å². The Morgan fingerprint density at radius 3 is 2.45 bits per heavy atom. The Bertz CT molecular complexity index is 610. The maximum Gasteiger partial charge on any atom is 0.418 e. The van der Waals surface area contributed by atoms with E-state index in [1.807, 2.05) is 0 Å². The number of anilines is 1. The Morgan fingerprint density at radius 1 is 1.05 bits per heavy atom. The predicted molar refractivity (Wildman–Crippen MR) is 70.2 cm³/mol. The van der Waals surface area contributed by atoms with Gasteiger partial charge in [0.2, 0.25) is 0 Å². The lowest BCUT2D eigenvalue weighted by Crippen LogP contribution is -2.10. The second-order valence-corrected chi connectivity index (χ2v) is 4.54. The molecule has 2 aromatic rings. The van der Waals surface area contributed by atoms with Crippen LogP contribution in [0.4, 0.5) is 23.2 Å². The van der Waals surface area contributed by atoms with Crippen LogP contribution in [-0.2, 0) is 12.7 Å². The van der Waals surface area contributed by atoms with E-state index < -0.39 is 17.6 Å². The third kappa shape index (κ3) is 3.42. The summed E-state index contributed by atoms with van der Waals surface area (Å²) < 4.78 is 51.4. The summed E-state index contributed by atoms with van der Waals surface area (Å²) >= 11 is 5.86. The molecule has 0 heterocycles. The first-order valence-electron chi connectivity index (χ1n) is 5.72. The molecule has 0 saturated heterocycles. The van der Waals surface area contributed by atoms with E-state index >= 15 is 0 Å². The summed E-state index contributed by atoms with van der Waals surface area (Å²) in [4.78, 5) is 0. The van der Waals surface area contributed by atoms with E-state index in [4.69, 9.17) is 11.6 Å². The van der Waals surface area contributed by atoms with E-state index in [-0.39, 0.29) is 12.2 Å². The SMILES string of the molecule is Fc1ccc(Cl)c(CNc2ccccc2C(F)(F)F)c1. The summed E-state index contributed by atoms with van der Waals surface area (Å²) in [6.45, 7) is 0.00366. The Morgan fingerprint density at radius 2 is 1.75 bits per heavy atom. The first-order chi connectivity index (χ1) is 9.38. The van der Waals surface area contributed by atoms with Gasteiger partial charge in [0.05, 0.1) is 5.56 Å². The summed E-state index contributed by atoms with van der Waals surface area (Å²) in [5, 5.41) is 2.93. The zero-order chi connectivity index (χ0) is 14.8. The molecule has 0 bridgehead atoms. The van der Waals surface area contributed by atoms with Gasteiger partial charge in [0, 0.05) is 17.3 Å². The van der Waals surface area contributed by atoms with E-state index in [1.54, 1.807) is 0 Å². The molecule has 0 fully saturated rings. The van der Waals surface area contributed by atoms with Gasteiger partial charge in [-0.15, -0.1) is 0 Å². The van der Waals surface area contributed by atoms with Crippen LogP contribution in [0.15, 0.2) is 42.5 Å². The summed E-state index contributed by atoms with van der Waals surface area (Å²) in [5.74, 6) is -0.490. The van der Waals surface area contributed by atoms with Crippen LogP contribution in [0, 0.1) is 5.82 Å². The first-order valence-corrected chi connectivity index (χ1v) is 6.10. The molecule has 2 aromatic carbocycles. The summed E-state index contributed by atoms with van der Waals surface area (Å²) in [6, 6.07) is 8.84. The Balaban J connectivity index is 2.21. The van der Waals surface area contributed by atoms with Crippen LogP contribution in [0.5, 0.6) is 0 Å². The van der Waals surface area contributed by atoms with Crippen molar-refractivity contribution in [2.45, 2.75) is 12.7 Å². The minimum absolute atomic E-state index is 0.00366. The molecule has 1 nitrogen and oxygen atoms in total. The highest BCUT2D eigenvalue weighted by molar-refractivity contribution is 6.31. The van der Waals surface area contributed by atoms with Crippen LogP contribution in [0.3, 0.4) is 0 Å². The summed E-state index contributed by atoms with van der Waals surface area (Å²) in [7, 11) is 0. The molecule has 0 aliphatic carbocycles. The van der Waals surface area contributed by atoms with Crippen molar-refractivity contribution in [3.63, 3.8) is 0 Å². The van der Waals surface area contributed by atoms with Gasteiger partial charge in [-0.05, 0) is 35.9 Å². The largest absolute Gasteiger partial charge is 0.418 e. The molecular weight excluding hydrogens is 294 g/mol. The second-order valence-electron chi connectivity index (χ2n) is 4.13. The molecule has 0 aliphatic heterocycles. The van der Waals surface area contributed by atoms with Gasteiger partial charge in [-0.25, -0.2) is 4.39 Å². The van der Waals surface area contributed by atoms with Crippen LogP contribution in [0.2, 0.25) is 5.02 Å². The quantitative estimate of drug-likeness (QED) is 0.777. The normalized spacial score (nSPS) is 11.4. The number of benzene rings is 2. The summed E-state index contributed by atoms with van der Waals surface area (Å²) in [6.07, 6.45) is -4.45. The predicted octanol–water partition coefficient (Wildman–Crippen LogP) is 5.11. The van der Waals surface area contributed by atoms with Gasteiger partial charge < -0.3 is 5.32 Å². The number of nitrogens with one attached hydrogen (secondary N) is 1. The molecule has 2 rings (SSSR count). The van der Waals surface area contributed by atoms with Crippen LogP contribution in [-0.4, -0.2) is 0 Å². The van der Waals surface area contributed by atoms with Crippen LogP contribution >= 0.6 is 11.6 Å². The van der Waals surface area contributed by atoms with Crippen molar-refractivity contribution in [2.75, 3.05) is 5.32 Å². The smallest absolute Gasteiger partial charge is 0.380 e. The number of halogens is 5. The minimum atomic E-state index is -4.45. The lowest BCUT2D eigenvalue weighted by atomic mass is 10.1. The number of hydrogen-bond donors (Lipinski definition) is 1. The van der Waals surface area contributed by atoms with Crippen LogP contribution < -0.4 is 5.32 Å². The zero-order valence-corrected chi connectivity index (χ0v) is 10.9. The van der Waals surface area contributed by atoms with Crippen molar-refractivity contribution in [3.8, 4) is 0 Å². The number of hydrogen-bond acceptors (Lipinski definition) is 1. The third-order valence-electron chi connectivity index (χ3n) is 2.71. The minimum Gasteiger partial charge on any atom is -0.380 e. The fourth-order valence-electron chi connectivity index (χ4n) is 1.75. The molecule has 0 aliphatic rings. The molecule has 20 heavy (non-hydrogen) atoms. The standard InChI is InChI=1S/C14H10ClF4N/c15-12-6-5-10(16)7-9(12)8-20-13-4-2-1-3-11(13)14(17,18)19/h1-7,20H,8H2. The van der Waals surface area contributed by atoms with Gasteiger partial charge in [0.15, 0.2) is 0 Å². The molecule has 6 heteroatoms. The van der Waals surface area contributed by atoms with Gasteiger partial charge >= 0.3 is 6.18 Å². The maximum absolute atomic E-state index is 13.1. The molecule has 1 N–H and O–H groups in total. The average molecular weight is 304 g/mol. The highest BCUT2D eigenvalue weighted by Gasteiger charge is 2.33. The van der Waals surface area contributed by atoms with Gasteiger partial charge in [-0.2, -0.15) is 13.2 Å². The monoisotopic (exact) mass is 303 g/mol. The molecule has 0 radical (unpaired) electrons. The van der Waals surface area contributed by atoms with Crippen molar-refractivity contribution in [3.05, 3.63) is 64.4 Å². The molecule has 0 atom stereocenters. The van der Waals surface area contributed by atoms with Crippen molar-refractivity contribution in [2.24, 2.45) is 0 Å². The lowest BCUT2D eigenvalue weighted by molar-refractivity contribution is -0.136. The highest BCUT2D eigenvalue weighted by atomic mass is 35.5. The Hall–Kier alpha value is -1.75. The summed E-state index contributed by atoms with van der Waals surface area (Å²) in [5.41, 5.74) is -0.448. The molecular formula is C14H10ClF4N. The molecule has 0 amide bonds. The third-order valence-corrected chi connectivity index (χ3v) is 3.08. The average Bonchev–Trinajstić information content (AvgIpc) is 2.39. The highest BCUT2D eigenvalue weighted by Crippen LogP contribution is 2.34. The fraction of sp³-hybridized carbons (Fsp3) is 0.143. The van der Waals surface area contributed by atoms with Crippen LogP contribution in [0.25, 0.3) is 0 Å². The van der Waals surface area contributed by atoms with E-state index in [2.05, 4.69) is 5.32 Å². The topological polar surface area (TPSA) is 12.0 Å². The fourth-order valence-corrected chi connectivity index (χ4v) is 1.94. The van der Waals surface area contributed by atoms with Gasteiger partial charge in [0.25, 0.3) is 0 Å². The van der Waals surface area contributed by atoms with Gasteiger partial charge in [0.1, 0.15) is 5.82 Å².